The number of ether oxygens (including phenoxy) is 1. The highest BCUT2D eigenvalue weighted by Crippen LogP contribution is 2.32. The normalized spacial score (nSPS) is 18.4. The van der Waals surface area contributed by atoms with Gasteiger partial charge in [0.2, 0.25) is 0 Å². The summed E-state index contributed by atoms with van der Waals surface area (Å²) in [5.41, 5.74) is 2.69. The molecule has 0 radical (unpaired) electrons. The number of carbonyl (C=O) groups excluding carboxylic acids is 2. The number of aryl methyl sites for hydroxylation is 1. The molecule has 0 fully saturated rings. The number of nitrogens with zero attached hydrogens (tertiary/aromatic N) is 3. The summed E-state index contributed by atoms with van der Waals surface area (Å²) in [4.78, 5) is 45.3. The number of rotatable bonds is 3. The molecule has 170 valence electrons. The van der Waals surface area contributed by atoms with Gasteiger partial charge in [0.1, 0.15) is 5.82 Å². The monoisotopic (exact) mass is 445 g/mol. The van der Waals surface area contributed by atoms with Gasteiger partial charge in [0.25, 0.3) is 11.5 Å². The average Bonchev–Trinajstić information content (AvgIpc) is 2.97. The Kier molecular flexibility index (Phi) is 5.48. The number of esters is 1. The van der Waals surface area contributed by atoms with E-state index in [4.69, 9.17) is 4.74 Å². The van der Waals surface area contributed by atoms with Crippen LogP contribution in [0.1, 0.15) is 54.9 Å². The molecule has 3 aromatic rings. The molecule has 2 aliphatic heterocycles. The van der Waals surface area contributed by atoms with E-state index in [1.165, 1.54) is 0 Å². The Balaban J connectivity index is 1.38. The molecule has 3 heterocycles. The van der Waals surface area contributed by atoms with Gasteiger partial charge in [0, 0.05) is 24.7 Å². The second-order valence-corrected chi connectivity index (χ2v) is 8.97. The first kappa shape index (κ1) is 21.4. The van der Waals surface area contributed by atoms with E-state index in [-0.39, 0.29) is 23.1 Å². The number of carbonyl (C=O) groups is 2. The van der Waals surface area contributed by atoms with Gasteiger partial charge in [-0.3, -0.25) is 14.2 Å². The summed E-state index contributed by atoms with van der Waals surface area (Å²) in [6, 6.07) is 12.6. The number of anilines is 1. The molecule has 0 aliphatic carbocycles. The average molecular weight is 446 g/mol. The molecule has 0 spiro atoms. The Labute approximate surface area is 192 Å². The summed E-state index contributed by atoms with van der Waals surface area (Å²) in [5.74, 6) is -0.0845. The van der Waals surface area contributed by atoms with E-state index < -0.39 is 12.1 Å². The SMILES string of the molecule is CC(OC(=O)c1ccc2c(=O)n3c(nc2c1)CCCCC3)C(=O)N1c2ccccc2CC1C. The quantitative estimate of drug-likeness (QED) is 0.575. The second kappa shape index (κ2) is 8.46. The van der Waals surface area contributed by atoms with Crippen molar-refractivity contribution in [3.63, 3.8) is 0 Å². The fourth-order valence-corrected chi connectivity index (χ4v) is 4.92. The van der Waals surface area contributed by atoms with Crippen LogP contribution in [0.2, 0.25) is 0 Å². The Morgan fingerprint density at radius 3 is 2.79 bits per heavy atom. The lowest BCUT2D eigenvalue weighted by atomic mass is 10.1. The van der Waals surface area contributed by atoms with Crippen LogP contribution in [0.15, 0.2) is 47.3 Å². The van der Waals surface area contributed by atoms with Crippen LogP contribution >= 0.6 is 0 Å². The van der Waals surface area contributed by atoms with Crippen LogP contribution in [0.3, 0.4) is 0 Å². The molecular weight excluding hydrogens is 418 g/mol. The van der Waals surface area contributed by atoms with Gasteiger partial charge in [-0.15, -0.1) is 0 Å². The number of amides is 1. The highest BCUT2D eigenvalue weighted by Gasteiger charge is 2.34. The minimum Gasteiger partial charge on any atom is -0.449 e. The summed E-state index contributed by atoms with van der Waals surface area (Å²) in [5, 5.41) is 0.490. The van der Waals surface area contributed by atoms with E-state index in [9.17, 15) is 14.4 Å². The Morgan fingerprint density at radius 1 is 1.12 bits per heavy atom. The van der Waals surface area contributed by atoms with E-state index in [0.717, 1.165) is 49.2 Å². The van der Waals surface area contributed by atoms with Gasteiger partial charge in [0.05, 0.1) is 16.5 Å². The highest BCUT2D eigenvalue weighted by atomic mass is 16.5. The Morgan fingerprint density at radius 2 is 1.94 bits per heavy atom. The molecule has 7 heteroatoms. The van der Waals surface area contributed by atoms with Crippen LogP contribution in [-0.4, -0.2) is 33.6 Å². The van der Waals surface area contributed by atoms with E-state index in [1.54, 1.807) is 34.6 Å². The van der Waals surface area contributed by atoms with Crippen molar-refractivity contribution in [3.8, 4) is 0 Å². The van der Waals surface area contributed by atoms with Crippen molar-refractivity contribution < 1.29 is 14.3 Å². The molecule has 7 nitrogen and oxygen atoms in total. The molecule has 2 aliphatic rings. The molecule has 1 amide bonds. The first-order chi connectivity index (χ1) is 15.9. The van der Waals surface area contributed by atoms with Gasteiger partial charge < -0.3 is 9.64 Å². The number of para-hydroxylation sites is 1. The third-order valence-electron chi connectivity index (χ3n) is 6.63. The van der Waals surface area contributed by atoms with Crippen molar-refractivity contribution >= 4 is 28.5 Å². The summed E-state index contributed by atoms with van der Waals surface area (Å²) in [6.45, 7) is 4.26. The maximum atomic E-state index is 13.1. The smallest absolute Gasteiger partial charge is 0.338 e. The molecule has 0 saturated carbocycles. The molecule has 2 unspecified atom stereocenters. The molecular formula is C26H27N3O4. The topological polar surface area (TPSA) is 81.5 Å². The molecule has 2 aromatic carbocycles. The Hall–Kier alpha value is -3.48. The number of hydrogen-bond donors (Lipinski definition) is 0. The maximum absolute atomic E-state index is 13.1. The van der Waals surface area contributed by atoms with Crippen LogP contribution in [-0.2, 0) is 28.9 Å². The van der Waals surface area contributed by atoms with Crippen molar-refractivity contribution in [1.82, 2.24) is 9.55 Å². The van der Waals surface area contributed by atoms with E-state index in [2.05, 4.69) is 4.98 Å². The molecule has 2 atom stereocenters. The van der Waals surface area contributed by atoms with Crippen molar-refractivity contribution in [3.05, 3.63) is 69.8 Å². The zero-order chi connectivity index (χ0) is 23.1. The number of aromatic nitrogens is 2. The van der Waals surface area contributed by atoms with E-state index in [1.807, 2.05) is 31.2 Å². The molecule has 33 heavy (non-hydrogen) atoms. The van der Waals surface area contributed by atoms with Crippen molar-refractivity contribution in [2.45, 2.75) is 64.6 Å². The van der Waals surface area contributed by atoms with Gasteiger partial charge in [-0.25, -0.2) is 9.78 Å². The van der Waals surface area contributed by atoms with Gasteiger partial charge in [0.15, 0.2) is 6.10 Å². The highest BCUT2D eigenvalue weighted by molar-refractivity contribution is 6.01. The number of fused-ring (bicyclic) bond motifs is 3. The fourth-order valence-electron chi connectivity index (χ4n) is 4.92. The summed E-state index contributed by atoms with van der Waals surface area (Å²) in [6.07, 6.45) is 3.63. The summed E-state index contributed by atoms with van der Waals surface area (Å²) < 4.78 is 7.30. The predicted octanol–water partition coefficient (Wildman–Crippen LogP) is 3.65. The van der Waals surface area contributed by atoms with Crippen LogP contribution in [0.25, 0.3) is 10.9 Å². The van der Waals surface area contributed by atoms with Crippen molar-refractivity contribution in [2.75, 3.05) is 4.90 Å². The molecule has 0 N–H and O–H groups in total. The van der Waals surface area contributed by atoms with Gasteiger partial charge >= 0.3 is 5.97 Å². The third-order valence-corrected chi connectivity index (χ3v) is 6.63. The maximum Gasteiger partial charge on any atom is 0.338 e. The lowest BCUT2D eigenvalue weighted by Gasteiger charge is -2.26. The zero-order valence-electron chi connectivity index (χ0n) is 18.9. The lowest BCUT2D eigenvalue weighted by molar-refractivity contribution is -0.126. The van der Waals surface area contributed by atoms with Crippen molar-refractivity contribution in [2.24, 2.45) is 0 Å². The van der Waals surface area contributed by atoms with Crippen LogP contribution in [0.4, 0.5) is 5.69 Å². The van der Waals surface area contributed by atoms with E-state index in [0.29, 0.717) is 17.4 Å². The largest absolute Gasteiger partial charge is 0.449 e. The number of hydrogen-bond acceptors (Lipinski definition) is 5. The van der Waals surface area contributed by atoms with E-state index >= 15 is 0 Å². The first-order valence-corrected chi connectivity index (χ1v) is 11.6. The minimum atomic E-state index is -0.938. The zero-order valence-corrected chi connectivity index (χ0v) is 18.9. The lowest BCUT2D eigenvalue weighted by Crippen LogP contribution is -2.43. The minimum absolute atomic E-state index is 0.00385. The van der Waals surface area contributed by atoms with Gasteiger partial charge in [-0.05, 0) is 62.9 Å². The van der Waals surface area contributed by atoms with Gasteiger partial charge in [-0.2, -0.15) is 0 Å². The van der Waals surface area contributed by atoms with Crippen molar-refractivity contribution in [1.29, 1.82) is 0 Å². The third kappa shape index (κ3) is 3.81. The molecule has 0 saturated heterocycles. The summed E-state index contributed by atoms with van der Waals surface area (Å²) in [7, 11) is 0. The number of benzene rings is 2. The standard InChI is InChI=1S/C26H27N3O4/c1-16-14-18-8-5-6-9-22(18)29(16)24(30)17(2)33-26(32)19-11-12-20-21(15-19)27-23-10-4-3-7-13-28(23)25(20)31/h5-6,8-9,11-12,15-17H,3-4,7,10,13-14H2,1-2H3. The van der Waals surface area contributed by atoms with Crippen LogP contribution in [0.5, 0.6) is 0 Å². The fraction of sp³-hybridized carbons (Fsp3) is 0.385. The molecule has 5 rings (SSSR count). The summed E-state index contributed by atoms with van der Waals surface area (Å²) >= 11 is 0. The van der Waals surface area contributed by atoms with Crippen LogP contribution < -0.4 is 10.5 Å². The predicted molar refractivity (Wildman–Crippen MR) is 126 cm³/mol. The first-order valence-electron chi connectivity index (χ1n) is 11.6. The molecule has 0 bridgehead atoms. The van der Waals surface area contributed by atoms with Gasteiger partial charge in [-0.1, -0.05) is 24.6 Å². The van der Waals surface area contributed by atoms with Crippen LogP contribution in [0, 0.1) is 0 Å². The second-order valence-electron chi connectivity index (χ2n) is 8.97. The molecule has 1 aromatic heterocycles. The Bertz CT molecular complexity index is 1310.